The molecule has 0 aromatic heterocycles. The van der Waals surface area contributed by atoms with E-state index in [2.05, 4.69) is 0 Å². The Labute approximate surface area is 191 Å². The second-order valence-corrected chi connectivity index (χ2v) is 8.45. The molecule has 32 heavy (non-hydrogen) atoms. The van der Waals surface area contributed by atoms with Crippen LogP contribution in [-0.2, 0) is 9.47 Å². The van der Waals surface area contributed by atoms with Crippen molar-refractivity contribution in [1.82, 2.24) is 0 Å². The van der Waals surface area contributed by atoms with Gasteiger partial charge in [-0.15, -0.1) is 0 Å². The van der Waals surface area contributed by atoms with Crippen LogP contribution >= 0.6 is 0 Å². The number of carbonyl (C=O) groups is 1. The van der Waals surface area contributed by atoms with E-state index >= 15 is 0 Å². The number of benzene rings is 2. The van der Waals surface area contributed by atoms with Gasteiger partial charge in [-0.3, -0.25) is 0 Å². The van der Waals surface area contributed by atoms with Crippen LogP contribution in [0.3, 0.4) is 0 Å². The third-order valence-electron chi connectivity index (χ3n) is 6.57. The number of esters is 1. The number of aliphatic hydroxyl groups is 2. The minimum atomic E-state index is -0.735. The predicted octanol–water partition coefficient (Wildman–Crippen LogP) is 5.20. The summed E-state index contributed by atoms with van der Waals surface area (Å²) in [5.41, 5.74) is 2.68. The van der Waals surface area contributed by atoms with Gasteiger partial charge >= 0.3 is 5.97 Å². The Hall–Kier alpha value is -2.21. The molecule has 0 spiro atoms. The molecule has 1 aliphatic heterocycles. The van der Waals surface area contributed by atoms with Crippen LogP contribution in [0, 0.1) is 11.8 Å². The van der Waals surface area contributed by atoms with Gasteiger partial charge in [0, 0.05) is 18.8 Å². The third kappa shape index (κ3) is 5.77. The smallest absolute Gasteiger partial charge is 0.338 e. The van der Waals surface area contributed by atoms with Crippen molar-refractivity contribution >= 4 is 5.97 Å². The largest absolute Gasteiger partial charge is 0.458 e. The monoisotopic (exact) mass is 440 g/mol. The van der Waals surface area contributed by atoms with E-state index in [0.29, 0.717) is 31.2 Å². The van der Waals surface area contributed by atoms with Crippen molar-refractivity contribution in [3.05, 3.63) is 60.2 Å². The number of ether oxygens (including phenoxy) is 2. The van der Waals surface area contributed by atoms with Gasteiger partial charge < -0.3 is 19.7 Å². The van der Waals surface area contributed by atoms with E-state index in [0.717, 1.165) is 17.5 Å². The summed E-state index contributed by atoms with van der Waals surface area (Å²) in [5, 5.41) is 19.9. The second kappa shape index (κ2) is 11.6. The molecule has 2 aromatic carbocycles. The van der Waals surface area contributed by atoms with Crippen molar-refractivity contribution in [2.75, 3.05) is 0 Å². The van der Waals surface area contributed by atoms with Crippen molar-refractivity contribution in [2.24, 2.45) is 11.8 Å². The molecule has 2 fully saturated rings. The summed E-state index contributed by atoms with van der Waals surface area (Å²) in [5.74, 6) is -0.0654. The summed E-state index contributed by atoms with van der Waals surface area (Å²) in [4.78, 5) is 12.8. The molecule has 1 aliphatic carbocycles. The van der Waals surface area contributed by atoms with Crippen molar-refractivity contribution in [2.45, 2.75) is 77.5 Å². The molecule has 6 atom stereocenters. The number of carbonyl (C=O) groups excluding carboxylic acids is 1. The molecule has 1 saturated heterocycles. The number of hydrogen-bond donors (Lipinski definition) is 2. The van der Waals surface area contributed by atoms with E-state index in [-0.39, 0.29) is 36.1 Å². The molecular weight excluding hydrogens is 404 g/mol. The topological polar surface area (TPSA) is 76.0 Å². The van der Waals surface area contributed by atoms with Crippen molar-refractivity contribution in [3.8, 4) is 11.1 Å². The zero-order valence-electron chi connectivity index (χ0n) is 19.3. The summed E-state index contributed by atoms with van der Waals surface area (Å²) in [6, 6.07) is 17.5. The highest BCUT2D eigenvalue weighted by Crippen LogP contribution is 2.46. The van der Waals surface area contributed by atoms with Gasteiger partial charge in [-0.2, -0.15) is 0 Å². The highest BCUT2D eigenvalue weighted by atomic mass is 16.6. The minimum Gasteiger partial charge on any atom is -0.458 e. The van der Waals surface area contributed by atoms with Crippen LogP contribution in [0.15, 0.2) is 54.6 Å². The van der Waals surface area contributed by atoms with Gasteiger partial charge in [-0.1, -0.05) is 63.2 Å². The molecule has 2 aromatic rings. The van der Waals surface area contributed by atoms with Gasteiger partial charge in [0.05, 0.1) is 17.8 Å². The van der Waals surface area contributed by atoms with E-state index < -0.39 is 6.29 Å². The molecule has 1 heterocycles. The van der Waals surface area contributed by atoms with E-state index in [4.69, 9.17) is 9.47 Å². The van der Waals surface area contributed by atoms with Crippen LogP contribution in [0.25, 0.3) is 11.1 Å². The SMILES string of the molecule is CC.CC[C@H](O)CC[C@@H]1[C@H]2C[C@@H](O)O[C@H]2C[C@H]1OC(=O)c1ccc(-c2ccccc2)cc1. The minimum absolute atomic E-state index is 0.0815. The lowest BCUT2D eigenvalue weighted by Gasteiger charge is -2.25. The summed E-state index contributed by atoms with van der Waals surface area (Å²) in [7, 11) is 0. The normalized spacial score (nSPS) is 27.2. The molecule has 0 amide bonds. The fourth-order valence-corrected chi connectivity index (χ4v) is 4.86. The number of aliphatic hydroxyl groups excluding tert-OH is 2. The summed E-state index contributed by atoms with van der Waals surface area (Å²) in [6.45, 7) is 5.96. The fourth-order valence-electron chi connectivity index (χ4n) is 4.86. The summed E-state index contributed by atoms with van der Waals surface area (Å²) in [6.07, 6.45) is 1.88. The summed E-state index contributed by atoms with van der Waals surface area (Å²) < 4.78 is 11.5. The Kier molecular flexibility index (Phi) is 8.85. The van der Waals surface area contributed by atoms with Crippen LogP contribution in [-0.4, -0.2) is 40.8 Å². The quantitative estimate of drug-likeness (QED) is 0.579. The lowest BCUT2D eigenvalue weighted by atomic mass is 9.87. The Morgan fingerprint density at radius 2 is 1.72 bits per heavy atom. The van der Waals surface area contributed by atoms with Gasteiger partial charge in [0.2, 0.25) is 0 Å². The first-order valence-electron chi connectivity index (χ1n) is 11.9. The van der Waals surface area contributed by atoms with E-state index in [9.17, 15) is 15.0 Å². The van der Waals surface area contributed by atoms with Crippen LogP contribution in [0.1, 0.15) is 63.2 Å². The van der Waals surface area contributed by atoms with Gasteiger partial charge in [-0.05, 0) is 48.4 Å². The average Bonchev–Trinajstić information content (AvgIpc) is 3.34. The number of fused-ring (bicyclic) bond motifs is 1. The first-order chi connectivity index (χ1) is 15.5. The molecule has 5 heteroatoms. The number of hydrogen-bond acceptors (Lipinski definition) is 5. The van der Waals surface area contributed by atoms with Gasteiger partial charge in [0.15, 0.2) is 6.29 Å². The zero-order valence-corrected chi connectivity index (χ0v) is 19.3. The molecule has 2 aliphatic rings. The molecule has 174 valence electrons. The molecule has 2 N–H and O–H groups in total. The molecule has 0 bridgehead atoms. The molecule has 1 saturated carbocycles. The third-order valence-corrected chi connectivity index (χ3v) is 6.57. The molecule has 5 nitrogen and oxygen atoms in total. The fraction of sp³-hybridized carbons (Fsp3) is 0.519. The Balaban J connectivity index is 0.00000141. The lowest BCUT2D eigenvalue weighted by molar-refractivity contribution is -0.0958. The van der Waals surface area contributed by atoms with Gasteiger partial charge in [0.1, 0.15) is 6.10 Å². The van der Waals surface area contributed by atoms with Crippen LogP contribution in [0.5, 0.6) is 0 Å². The van der Waals surface area contributed by atoms with Crippen molar-refractivity contribution in [1.29, 1.82) is 0 Å². The van der Waals surface area contributed by atoms with E-state index in [1.54, 1.807) is 12.1 Å². The summed E-state index contributed by atoms with van der Waals surface area (Å²) >= 11 is 0. The standard InChI is InChI=1S/C25H30O5.C2H6/c1-2-19(26)12-13-20-21-14-24(27)29-23(21)15-22(20)30-25(28)18-10-8-17(9-11-18)16-6-4-3-5-7-16;1-2/h3-11,19-24,26-27H,2,12-15H2,1H3;1-2H3/t19-,20+,21+,22+,23-,24-;/m0./s1. The highest BCUT2D eigenvalue weighted by Gasteiger charge is 2.50. The molecular formula is C27H36O5. The lowest BCUT2D eigenvalue weighted by Crippen LogP contribution is -2.27. The maximum absolute atomic E-state index is 12.8. The second-order valence-electron chi connectivity index (χ2n) is 8.45. The maximum atomic E-state index is 12.8. The van der Waals surface area contributed by atoms with E-state index in [1.165, 1.54) is 0 Å². The highest BCUT2D eigenvalue weighted by molar-refractivity contribution is 5.90. The first-order valence-corrected chi connectivity index (χ1v) is 11.9. The van der Waals surface area contributed by atoms with Gasteiger partial charge in [0.25, 0.3) is 0 Å². The average molecular weight is 441 g/mol. The Morgan fingerprint density at radius 1 is 1.06 bits per heavy atom. The van der Waals surface area contributed by atoms with Gasteiger partial charge in [-0.25, -0.2) is 4.79 Å². The Bertz CT molecular complexity index is 835. The molecule has 0 radical (unpaired) electrons. The van der Waals surface area contributed by atoms with Crippen molar-refractivity contribution in [3.63, 3.8) is 0 Å². The maximum Gasteiger partial charge on any atom is 0.338 e. The van der Waals surface area contributed by atoms with Crippen LogP contribution in [0.2, 0.25) is 0 Å². The first kappa shape index (κ1) is 24.4. The number of rotatable bonds is 7. The van der Waals surface area contributed by atoms with Crippen LogP contribution in [0.4, 0.5) is 0 Å². The Morgan fingerprint density at radius 3 is 2.38 bits per heavy atom. The van der Waals surface area contributed by atoms with Crippen LogP contribution < -0.4 is 0 Å². The van der Waals surface area contributed by atoms with E-state index in [1.807, 2.05) is 63.2 Å². The molecule has 0 unspecified atom stereocenters. The zero-order chi connectivity index (χ0) is 23.1. The molecule has 4 rings (SSSR count). The predicted molar refractivity (Wildman–Crippen MR) is 125 cm³/mol. The van der Waals surface area contributed by atoms with Crippen molar-refractivity contribution < 1.29 is 24.5 Å².